The number of phenols is 2. The summed E-state index contributed by atoms with van der Waals surface area (Å²) < 4.78 is 0. The summed E-state index contributed by atoms with van der Waals surface area (Å²) in [5, 5.41) is 25.7. The van der Waals surface area contributed by atoms with Crippen LogP contribution in [0, 0.1) is 0 Å². The van der Waals surface area contributed by atoms with Gasteiger partial charge in [0.25, 0.3) is 5.91 Å². The van der Waals surface area contributed by atoms with Gasteiger partial charge < -0.3 is 15.5 Å². The second-order valence-electron chi connectivity index (χ2n) is 6.25. The Morgan fingerprint density at radius 1 is 0.889 bits per heavy atom. The van der Waals surface area contributed by atoms with Crippen LogP contribution < -0.4 is 10.6 Å². The number of benzene rings is 2. The molecule has 4 N–H and O–H groups in total. The number of phenolic OH excluding ortho intramolecular Hbond substituents is 2. The molecule has 1 aliphatic heterocycles. The van der Waals surface area contributed by atoms with E-state index >= 15 is 0 Å². The summed E-state index contributed by atoms with van der Waals surface area (Å²) in [6, 6.07) is 8.73. The Kier molecular flexibility index (Phi) is 4.73. The van der Waals surface area contributed by atoms with E-state index in [2.05, 4.69) is 23.8 Å². The molecule has 2 aromatic carbocycles. The third-order valence-electron chi connectivity index (χ3n) is 4.68. The Labute approximate surface area is 156 Å². The number of rotatable bonds is 6. The Balaban J connectivity index is 2.39. The first-order valence-electron chi connectivity index (χ1n) is 8.43. The topological polar surface area (TPSA) is 98.7 Å². The van der Waals surface area contributed by atoms with Gasteiger partial charge in [-0.3, -0.25) is 10.1 Å². The highest BCUT2D eigenvalue weighted by molar-refractivity contribution is 6.10. The number of nitrogens with one attached hydrogen (secondary N) is 2. The van der Waals surface area contributed by atoms with E-state index in [4.69, 9.17) is 0 Å². The molecule has 0 saturated carbocycles. The summed E-state index contributed by atoms with van der Waals surface area (Å²) in [5.74, 6) is -0.667. The number of allylic oxidation sites excluding steroid dienone is 2. The van der Waals surface area contributed by atoms with E-state index in [0.29, 0.717) is 29.5 Å². The van der Waals surface area contributed by atoms with Crippen molar-refractivity contribution in [2.45, 2.75) is 18.4 Å². The molecule has 1 heterocycles. The fraction of sp³-hybridized carbons (Fsp3) is 0.143. The van der Waals surface area contributed by atoms with Crippen LogP contribution in [-0.4, -0.2) is 22.2 Å². The molecular weight excluding hydrogens is 344 g/mol. The molecule has 0 aliphatic carbocycles. The van der Waals surface area contributed by atoms with Gasteiger partial charge >= 0.3 is 6.03 Å². The summed E-state index contributed by atoms with van der Waals surface area (Å²) in [6.45, 7) is 7.47. The quantitative estimate of drug-likeness (QED) is 0.468. The van der Waals surface area contributed by atoms with Gasteiger partial charge in [0.1, 0.15) is 11.5 Å². The highest BCUT2D eigenvalue weighted by Gasteiger charge is 2.51. The number of imide groups is 1. The van der Waals surface area contributed by atoms with E-state index in [-0.39, 0.29) is 17.1 Å². The number of aromatic hydroxyl groups is 2. The van der Waals surface area contributed by atoms with Crippen molar-refractivity contribution in [3.8, 4) is 11.5 Å². The van der Waals surface area contributed by atoms with Crippen LogP contribution >= 0.6 is 0 Å². The molecule has 3 amide bonds. The lowest BCUT2D eigenvalue weighted by molar-refractivity contribution is -0.123. The molecule has 1 fully saturated rings. The summed E-state index contributed by atoms with van der Waals surface area (Å²) in [4.78, 5) is 25.0. The van der Waals surface area contributed by atoms with Gasteiger partial charge in [0, 0.05) is 11.1 Å². The van der Waals surface area contributed by atoms with Crippen molar-refractivity contribution in [1.82, 2.24) is 10.6 Å². The maximum atomic E-state index is 13.0. The van der Waals surface area contributed by atoms with E-state index in [9.17, 15) is 19.8 Å². The Bertz CT molecular complexity index is 951. The van der Waals surface area contributed by atoms with Crippen molar-refractivity contribution in [3.05, 3.63) is 84.0 Å². The average molecular weight is 364 g/mol. The molecule has 0 radical (unpaired) electrons. The molecule has 1 unspecified atom stereocenters. The fourth-order valence-electron chi connectivity index (χ4n) is 3.55. The Morgan fingerprint density at radius 2 is 1.56 bits per heavy atom. The van der Waals surface area contributed by atoms with Crippen molar-refractivity contribution >= 4 is 11.9 Å². The maximum Gasteiger partial charge on any atom is 0.322 e. The van der Waals surface area contributed by atoms with Crippen LogP contribution in [0.2, 0.25) is 0 Å². The molecule has 0 spiro atoms. The second-order valence-corrected chi connectivity index (χ2v) is 6.25. The van der Waals surface area contributed by atoms with Gasteiger partial charge in [0.05, 0.1) is 0 Å². The smallest absolute Gasteiger partial charge is 0.322 e. The van der Waals surface area contributed by atoms with E-state index < -0.39 is 17.5 Å². The SMILES string of the molecule is C=CCc1c(O)ccc(C2(c3ccccc3O)NC(=O)NC2=O)c1CC=C. The monoisotopic (exact) mass is 364 g/mol. The molecule has 138 valence electrons. The highest BCUT2D eigenvalue weighted by atomic mass is 16.3. The standard InChI is InChI=1S/C21H20N2O4/c1-3-7-13-14(8-4-2)17(24)12-11-15(13)21(19(26)22-20(27)23-21)16-9-5-6-10-18(16)25/h3-6,9-12,24-25H,1-2,7-8H2,(H2,22,23,26,27). The van der Waals surface area contributed by atoms with Crippen LogP contribution in [-0.2, 0) is 23.2 Å². The molecule has 27 heavy (non-hydrogen) atoms. The first kappa shape index (κ1) is 18.3. The average Bonchev–Trinajstić information content (AvgIpc) is 2.93. The fourth-order valence-corrected chi connectivity index (χ4v) is 3.55. The third-order valence-corrected chi connectivity index (χ3v) is 4.68. The van der Waals surface area contributed by atoms with E-state index in [1.165, 1.54) is 12.1 Å². The summed E-state index contributed by atoms with van der Waals surface area (Å²) in [7, 11) is 0. The number of hydrogen-bond acceptors (Lipinski definition) is 4. The van der Waals surface area contributed by atoms with Crippen LogP contribution in [0.1, 0.15) is 22.3 Å². The van der Waals surface area contributed by atoms with Crippen LogP contribution in [0.3, 0.4) is 0 Å². The molecule has 0 aromatic heterocycles. The third kappa shape index (κ3) is 2.85. The first-order valence-corrected chi connectivity index (χ1v) is 8.43. The Morgan fingerprint density at radius 3 is 2.15 bits per heavy atom. The number of carbonyl (C=O) groups is 2. The van der Waals surface area contributed by atoms with E-state index in [0.717, 1.165) is 0 Å². The van der Waals surface area contributed by atoms with Gasteiger partial charge in [-0.05, 0) is 36.1 Å². The second kappa shape index (κ2) is 6.99. The zero-order valence-electron chi connectivity index (χ0n) is 14.7. The molecular formula is C21H20N2O4. The molecule has 6 nitrogen and oxygen atoms in total. The minimum absolute atomic E-state index is 0.0627. The minimum atomic E-state index is -1.62. The van der Waals surface area contributed by atoms with Crippen molar-refractivity contribution in [2.24, 2.45) is 0 Å². The van der Waals surface area contributed by atoms with Gasteiger partial charge in [0.2, 0.25) is 0 Å². The summed E-state index contributed by atoms with van der Waals surface area (Å²) in [5.41, 5.74) is 0.317. The largest absolute Gasteiger partial charge is 0.508 e. The molecule has 1 atom stereocenters. The van der Waals surface area contributed by atoms with Crippen LogP contribution in [0.5, 0.6) is 11.5 Å². The number of para-hydroxylation sites is 1. The molecule has 6 heteroatoms. The first-order chi connectivity index (χ1) is 13.0. The number of amides is 3. The molecule has 2 aromatic rings. The number of hydrogen-bond donors (Lipinski definition) is 4. The highest BCUT2D eigenvalue weighted by Crippen LogP contribution is 2.41. The van der Waals surface area contributed by atoms with E-state index in [1.807, 2.05) is 0 Å². The van der Waals surface area contributed by atoms with Crippen molar-refractivity contribution < 1.29 is 19.8 Å². The van der Waals surface area contributed by atoms with Crippen molar-refractivity contribution in [1.29, 1.82) is 0 Å². The van der Waals surface area contributed by atoms with Gasteiger partial charge in [-0.2, -0.15) is 0 Å². The van der Waals surface area contributed by atoms with Gasteiger partial charge in [-0.25, -0.2) is 4.79 Å². The van der Waals surface area contributed by atoms with Gasteiger partial charge in [0.15, 0.2) is 5.54 Å². The number of urea groups is 1. The molecule has 1 aliphatic rings. The predicted octanol–water partition coefficient (Wildman–Crippen LogP) is 2.64. The number of carbonyl (C=O) groups excluding carboxylic acids is 2. The molecule has 0 bridgehead atoms. The maximum absolute atomic E-state index is 13.0. The van der Waals surface area contributed by atoms with Gasteiger partial charge in [-0.15, -0.1) is 13.2 Å². The van der Waals surface area contributed by atoms with Crippen LogP contribution in [0.4, 0.5) is 4.79 Å². The molecule has 1 saturated heterocycles. The van der Waals surface area contributed by atoms with Crippen molar-refractivity contribution in [3.63, 3.8) is 0 Å². The molecule has 3 rings (SSSR count). The zero-order valence-corrected chi connectivity index (χ0v) is 14.7. The predicted molar refractivity (Wildman–Crippen MR) is 101 cm³/mol. The lowest BCUT2D eigenvalue weighted by Gasteiger charge is -2.31. The zero-order chi connectivity index (χ0) is 19.6. The summed E-state index contributed by atoms with van der Waals surface area (Å²) in [6.07, 6.45) is 4.02. The van der Waals surface area contributed by atoms with Crippen LogP contribution in [0.15, 0.2) is 61.7 Å². The van der Waals surface area contributed by atoms with E-state index in [1.54, 1.807) is 36.4 Å². The van der Waals surface area contributed by atoms with Crippen LogP contribution in [0.25, 0.3) is 0 Å². The van der Waals surface area contributed by atoms with Crippen molar-refractivity contribution in [2.75, 3.05) is 0 Å². The Hall–Kier alpha value is -3.54. The minimum Gasteiger partial charge on any atom is -0.508 e. The normalized spacial score (nSPS) is 18.7. The van der Waals surface area contributed by atoms with Gasteiger partial charge in [-0.1, -0.05) is 36.4 Å². The lowest BCUT2D eigenvalue weighted by Crippen LogP contribution is -2.45. The summed E-state index contributed by atoms with van der Waals surface area (Å²) >= 11 is 0. The lowest BCUT2D eigenvalue weighted by atomic mass is 9.77.